The Balaban J connectivity index is 1.94. The van der Waals surface area contributed by atoms with Gasteiger partial charge in [0.15, 0.2) is 0 Å². The molecule has 0 fully saturated rings. The first-order valence-corrected chi connectivity index (χ1v) is 7.15. The fourth-order valence-electron chi connectivity index (χ4n) is 1.83. The van der Waals surface area contributed by atoms with Crippen molar-refractivity contribution in [1.82, 2.24) is 10.9 Å². The summed E-state index contributed by atoms with van der Waals surface area (Å²) in [5, 5.41) is 9.86. The molecule has 0 aliphatic carbocycles. The molecule has 2 aromatic rings. The van der Waals surface area contributed by atoms with Crippen molar-refractivity contribution >= 4 is 23.4 Å². The summed E-state index contributed by atoms with van der Waals surface area (Å²) >= 11 is 0. The van der Waals surface area contributed by atoms with E-state index in [1.54, 1.807) is 54.6 Å². The second-order valence-electron chi connectivity index (χ2n) is 5.03. The predicted octanol–water partition coefficient (Wildman–Crippen LogP) is 1.92. The number of nitrogens with one attached hydrogen (secondary N) is 2. The molecule has 2 aromatic carbocycles. The average Bonchev–Trinajstić information content (AvgIpc) is 2.60. The van der Waals surface area contributed by atoms with Gasteiger partial charge in [-0.15, -0.1) is 0 Å². The van der Waals surface area contributed by atoms with E-state index in [0.717, 1.165) is 11.6 Å². The summed E-state index contributed by atoms with van der Waals surface area (Å²) in [5.41, 5.74) is 5.88. The molecule has 122 valence electrons. The van der Waals surface area contributed by atoms with E-state index in [1.165, 1.54) is 0 Å². The normalized spacial score (nSPS) is 10.8. The first-order valence-electron chi connectivity index (χ1n) is 7.15. The van der Waals surface area contributed by atoms with Crippen LogP contribution < -0.4 is 10.9 Å². The number of hydrogen-bond donors (Lipinski definition) is 3. The molecule has 0 aromatic heterocycles. The van der Waals surface area contributed by atoms with Crippen LogP contribution >= 0.6 is 0 Å². The Hall–Kier alpha value is -3.41. The largest absolute Gasteiger partial charge is 0.507 e. The van der Waals surface area contributed by atoms with Crippen molar-refractivity contribution in [3.8, 4) is 0 Å². The first kappa shape index (κ1) is 17.0. The van der Waals surface area contributed by atoms with Gasteiger partial charge >= 0.3 is 5.91 Å². The van der Waals surface area contributed by atoms with Gasteiger partial charge in [0.2, 0.25) is 5.78 Å². The zero-order valence-corrected chi connectivity index (χ0v) is 12.9. The maximum absolute atomic E-state index is 11.7. The highest BCUT2D eigenvalue weighted by Gasteiger charge is 2.14. The minimum absolute atomic E-state index is 0.329. The topological polar surface area (TPSA) is 95.5 Å². The summed E-state index contributed by atoms with van der Waals surface area (Å²) in [6, 6.07) is 15.0. The van der Waals surface area contributed by atoms with Crippen LogP contribution in [-0.2, 0) is 9.59 Å². The molecular formula is C18H16N2O4. The molecule has 3 N–H and O–H groups in total. The third-order valence-corrected chi connectivity index (χ3v) is 3.16. The van der Waals surface area contributed by atoms with Crippen molar-refractivity contribution in [3.05, 3.63) is 77.4 Å². The lowest BCUT2D eigenvalue weighted by atomic mass is 10.1. The highest BCUT2D eigenvalue weighted by molar-refractivity contribution is 6.41. The quantitative estimate of drug-likeness (QED) is 0.346. The zero-order chi connectivity index (χ0) is 17.5. The summed E-state index contributed by atoms with van der Waals surface area (Å²) in [7, 11) is 0. The van der Waals surface area contributed by atoms with Gasteiger partial charge < -0.3 is 5.11 Å². The van der Waals surface area contributed by atoms with Crippen LogP contribution in [0.25, 0.3) is 5.76 Å². The molecule has 2 amide bonds. The Bertz CT molecular complexity index is 780. The maximum Gasteiger partial charge on any atom is 0.310 e. The van der Waals surface area contributed by atoms with E-state index in [-0.39, 0.29) is 5.76 Å². The lowest BCUT2D eigenvalue weighted by Crippen LogP contribution is -2.44. The van der Waals surface area contributed by atoms with E-state index in [1.807, 2.05) is 12.3 Å². The van der Waals surface area contributed by atoms with Gasteiger partial charge in [0.05, 0.1) is 0 Å². The van der Waals surface area contributed by atoms with Crippen LogP contribution in [0.4, 0.5) is 0 Å². The van der Waals surface area contributed by atoms with Gasteiger partial charge in [-0.1, -0.05) is 48.0 Å². The average molecular weight is 324 g/mol. The lowest BCUT2D eigenvalue weighted by molar-refractivity contribution is -0.135. The van der Waals surface area contributed by atoms with E-state index in [2.05, 4.69) is 5.43 Å². The third kappa shape index (κ3) is 4.54. The van der Waals surface area contributed by atoms with E-state index in [0.29, 0.717) is 11.1 Å². The molecular weight excluding hydrogens is 308 g/mol. The molecule has 6 heteroatoms. The minimum Gasteiger partial charge on any atom is -0.507 e. The van der Waals surface area contributed by atoms with Gasteiger partial charge in [-0.05, 0) is 19.1 Å². The number of benzene rings is 2. The number of aliphatic hydroxyl groups excluding tert-OH is 1. The van der Waals surface area contributed by atoms with Crippen LogP contribution in [0.15, 0.2) is 60.7 Å². The standard InChI is InChI=1S/C18H16N2O4/c1-12-7-9-13(10-8-12)15(21)11-16(22)18(24)20-19-17(23)14-5-3-2-4-6-14/h2-11,21H,1H3,(H,19,23)(H,20,24). The van der Waals surface area contributed by atoms with Crippen molar-refractivity contribution in [2.45, 2.75) is 6.92 Å². The Kier molecular flexibility index (Phi) is 5.46. The van der Waals surface area contributed by atoms with Crippen molar-refractivity contribution in [3.63, 3.8) is 0 Å². The number of hydrazine groups is 1. The van der Waals surface area contributed by atoms with Gasteiger partial charge in [-0.25, -0.2) is 0 Å². The van der Waals surface area contributed by atoms with E-state index in [9.17, 15) is 19.5 Å². The SMILES string of the molecule is Cc1ccc(C(O)=CC(=O)C(=O)NNC(=O)c2ccccc2)cc1. The van der Waals surface area contributed by atoms with Crippen molar-refractivity contribution < 1.29 is 19.5 Å². The number of carbonyl (C=O) groups is 3. The summed E-state index contributed by atoms with van der Waals surface area (Å²) in [5.74, 6) is -2.92. The number of rotatable bonds is 4. The summed E-state index contributed by atoms with van der Waals surface area (Å²) in [4.78, 5) is 35.2. The van der Waals surface area contributed by atoms with Gasteiger partial charge in [-0.2, -0.15) is 0 Å². The Morgan fingerprint density at radius 1 is 0.875 bits per heavy atom. The van der Waals surface area contributed by atoms with Crippen molar-refractivity contribution in [2.75, 3.05) is 0 Å². The fraction of sp³-hybridized carbons (Fsp3) is 0.0556. The van der Waals surface area contributed by atoms with Crippen LogP contribution in [0.1, 0.15) is 21.5 Å². The highest BCUT2D eigenvalue weighted by Crippen LogP contribution is 2.12. The number of aliphatic hydroxyl groups is 1. The Labute approximate surface area is 138 Å². The highest BCUT2D eigenvalue weighted by atomic mass is 16.3. The number of aryl methyl sites for hydroxylation is 1. The molecule has 6 nitrogen and oxygen atoms in total. The molecule has 0 unspecified atom stereocenters. The summed E-state index contributed by atoms with van der Waals surface area (Å²) in [6.07, 6.45) is 0.800. The van der Waals surface area contributed by atoms with Gasteiger partial charge in [0.1, 0.15) is 5.76 Å². The third-order valence-electron chi connectivity index (χ3n) is 3.16. The van der Waals surface area contributed by atoms with Crippen molar-refractivity contribution in [2.24, 2.45) is 0 Å². The molecule has 0 aliphatic rings. The van der Waals surface area contributed by atoms with Crippen LogP contribution in [0.2, 0.25) is 0 Å². The lowest BCUT2D eigenvalue weighted by Gasteiger charge is -2.06. The first-order chi connectivity index (χ1) is 11.5. The number of carbonyl (C=O) groups excluding carboxylic acids is 3. The van der Waals surface area contributed by atoms with E-state index in [4.69, 9.17) is 0 Å². The van der Waals surface area contributed by atoms with Crippen LogP contribution in [0, 0.1) is 6.92 Å². The van der Waals surface area contributed by atoms with Crippen molar-refractivity contribution in [1.29, 1.82) is 0 Å². The molecule has 0 saturated carbocycles. The minimum atomic E-state index is -1.06. The summed E-state index contributed by atoms with van der Waals surface area (Å²) in [6.45, 7) is 1.89. The van der Waals surface area contributed by atoms with Crippen LogP contribution in [0.5, 0.6) is 0 Å². The Morgan fingerprint density at radius 3 is 2.12 bits per heavy atom. The maximum atomic E-state index is 11.7. The monoisotopic (exact) mass is 324 g/mol. The predicted molar refractivity (Wildman–Crippen MR) is 88.8 cm³/mol. The molecule has 0 atom stereocenters. The molecule has 0 saturated heterocycles. The van der Waals surface area contributed by atoms with Gasteiger partial charge in [0, 0.05) is 17.2 Å². The van der Waals surface area contributed by atoms with Gasteiger partial charge in [0.25, 0.3) is 5.91 Å². The molecule has 0 radical (unpaired) electrons. The number of ketones is 1. The van der Waals surface area contributed by atoms with Gasteiger partial charge in [-0.3, -0.25) is 25.2 Å². The fourth-order valence-corrected chi connectivity index (χ4v) is 1.83. The molecule has 0 heterocycles. The van der Waals surface area contributed by atoms with Crippen LogP contribution in [-0.4, -0.2) is 22.7 Å². The van der Waals surface area contributed by atoms with Crippen LogP contribution in [0.3, 0.4) is 0 Å². The summed E-state index contributed by atoms with van der Waals surface area (Å²) < 4.78 is 0. The molecule has 0 bridgehead atoms. The number of amides is 2. The smallest absolute Gasteiger partial charge is 0.310 e. The molecule has 0 spiro atoms. The second kappa shape index (κ2) is 7.73. The molecule has 2 rings (SSSR count). The Morgan fingerprint density at radius 2 is 1.50 bits per heavy atom. The molecule has 0 aliphatic heterocycles. The van der Waals surface area contributed by atoms with E-state index >= 15 is 0 Å². The second-order valence-corrected chi connectivity index (χ2v) is 5.03. The van der Waals surface area contributed by atoms with E-state index < -0.39 is 17.6 Å². The number of hydrogen-bond acceptors (Lipinski definition) is 4. The zero-order valence-electron chi connectivity index (χ0n) is 12.9. The molecule has 24 heavy (non-hydrogen) atoms.